The van der Waals surface area contributed by atoms with Crippen molar-refractivity contribution in [1.29, 1.82) is 0 Å². The van der Waals surface area contributed by atoms with Crippen molar-refractivity contribution in [3.8, 4) is 0 Å². The summed E-state index contributed by atoms with van der Waals surface area (Å²) in [6.45, 7) is 5.18. The van der Waals surface area contributed by atoms with E-state index in [1.165, 1.54) is 12.8 Å². The maximum Gasteiger partial charge on any atom is 0.256 e. The number of ether oxygens (including phenoxy) is 1. The quantitative estimate of drug-likeness (QED) is 0.886. The Morgan fingerprint density at radius 1 is 1.39 bits per heavy atom. The highest BCUT2D eigenvalue weighted by atomic mass is 16.5. The lowest BCUT2D eigenvalue weighted by molar-refractivity contribution is 0.0661. The van der Waals surface area contributed by atoms with Gasteiger partial charge in [0.15, 0.2) is 5.82 Å². The highest BCUT2D eigenvalue weighted by molar-refractivity contribution is 4.95. The molecule has 2 saturated heterocycles. The van der Waals surface area contributed by atoms with Crippen LogP contribution in [0.5, 0.6) is 0 Å². The van der Waals surface area contributed by atoms with Crippen molar-refractivity contribution >= 4 is 0 Å². The molecule has 0 bridgehead atoms. The van der Waals surface area contributed by atoms with Crippen LogP contribution in [0.3, 0.4) is 0 Å². The SMILES string of the molecule is CC1CCOC1c1nc(CC2CCCNC2)no1. The lowest BCUT2D eigenvalue weighted by atomic mass is 9.96. The number of piperidine rings is 1. The average Bonchev–Trinajstić information content (AvgIpc) is 2.99. The second kappa shape index (κ2) is 5.36. The summed E-state index contributed by atoms with van der Waals surface area (Å²) in [5.41, 5.74) is 0. The molecule has 0 aromatic carbocycles. The van der Waals surface area contributed by atoms with Crippen LogP contribution in [0.4, 0.5) is 0 Å². The van der Waals surface area contributed by atoms with Gasteiger partial charge in [0.05, 0.1) is 0 Å². The maximum atomic E-state index is 5.65. The first-order valence-corrected chi connectivity index (χ1v) is 6.97. The molecular weight excluding hydrogens is 230 g/mol. The largest absolute Gasteiger partial charge is 0.368 e. The molecule has 2 aliphatic heterocycles. The Bertz CT molecular complexity index is 387. The average molecular weight is 251 g/mol. The van der Waals surface area contributed by atoms with Crippen LogP contribution in [0, 0.1) is 11.8 Å². The maximum absolute atomic E-state index is 5.65. The fourth-order valence-corrected chi connectivity index (χ4v) is 2.83. The van der Waals surface area contributed by atoms with Gasteiger partial charge in [0, 0.05) is 13.0 Å². The molecular formula is C13H21N3O2. The molecule has 3 unspecified atom stereocenters. The molecule has 0 aliphatic carbocycles. The Morgan fingerprint density at radius 3 is 3.06 bits per heavy atom. The van der Waals surface area contributed by atoms with Gasteiger partial charge in [0.2, 0.25) is 0 Å². The fraction of sp³-hybridized carbons (Fsp3) is 0.846. The third-order valence-corrected chi connectivity index (χ3v) is 3.98. The summed E-state index contributed by atoms with van der Waals surface area (Å²) in [6, 6.07) is 0. The van der Waals surface area contributed by atoms with Gasteiger partial charge in [0.1, 0.15) is 6.10 Å². The van der Waals surface area contributed by atoms with Gasteiger partial charge < -0.3 is 14.6 Å². The molecule has 1 aromatic rings. The van der Waals surface area contributed by atoms with Crippen molar-refractivity contribution in [1.82, 2.24) is 15.5 Å². The molecule has 2 fully saturated rings. The van der Waals surface area contributed by atoms with Gasteiger partial charge in [-0.05, 0) is 44.2 Å². The summed E-state index contributed by atoms with van der Waals surface area (Å²) < 4.78 is 11.0. The molecule has 0 spiro atoms. The highest BCUT2D eigenvalue weighted by Crippen LogP contribution is 2.33. The third-order valence-electron chi connectivity index (χ3n) is 3.98. The van der Waals surface area contributed by atoms with E-state index >= 15 is 0 Å². The Labute approximate surface area is 107 Å². The minimum atomic E-state index is 0.00994. The second-order valence-corrected chi connectivity index (χ2v) is 5.52. The van der Waals surface area contributed by atoms with Crippen LogP contribution in [-0.2, 0) is 11.2 Å². The minimum absolute atomic E-state index is 0.00994. The van der Waals surface area contributed by atoms with E-state index in [0.29, 0.717) is 17.7 Å². The van der Waals surface area contributed by atoms with Crippen LogP contribution < -0.4 is 5.32 Å². The highest BCUT2D eigenvalue weighted by Gasteiger charge is 2.31. The van der Waals surface area contributed by atoms with Crippen LogP contribution in [0.15, 0.2) is 4.52 Å². The lowest BCUT2D eigenvalue weighted by Gasteiger charge is -2.20. The van der Waals surface area contributed by atoms with E-state index in [1.807, 2.05) is 0 Å². The molecule has 5 heteroatoms. The molecule has 0 saturated carbocycles. The molecule has 3 rings (SSSR count). The molecule has 18 heavy (non-hydrogen) atoms. The van der Waals surface area contributed by atoms with Crippen molar-refractivity contribution in [2.75, 3.05) is 19.7 Å². The molecule has 100 valence electrons. The molecule has 3 atom stereocenters. The van der Waals surface area contributed by atoms with E-state index in [-0.39, 0.29) is 6.10 Å². The van der Waals surface area contributed by atoms with Crippen molar-refractivity contribution in [3.05, 3.63) is 11.7 Å². The van der Waals surface area contributed by atoms with Crippen molar-refractivity contribution in [2.45, 2.75) is 38.7 Å². The molecule has 2 aliphatic rings. The molecule has 1 N–H and O–H groups in total. The number of hydrogen-bond donors (Lipinski definition) is 1. The van der Waals surface area contributed by atoms with Gasteiger partial charge in [-0.1, -0.05) is 12.1 Å². The zero-order valence-electron chi connectivity index (χ0n) is 10.9. The third kappa shape index (κ3) is 2.57. The smallest absolute Gasteiger partial charge is 0.256 e. The zero-order chi connectivity index (χ0) is 12.4. The monoisotopic (exact) mass is 251 g/mol. The lowest BCUT2D eigenvalue weighted by Crippen LogP contribution is -2.31. The zero-order valence-corrected chi connectivity index (χ0v) is 10.9. The van der Waals surface area contributed by atoms with Crippen LogP contribution in [-0.4, -0.2) is 29.8 Å². The summed E-state index contributed by atoms with van der Waals surface area (Å²) in [7, 11) is 0. The Morgan fingerprint density at radius 2 is 2.33 bits per heavy atom. The number of rotatable bonds is 3. The predicted molar refractivity (Wildman–Crippen MR) is 66.1 cm³/mol. The van der Waals surface area contributed by atoms with E-state index in [4.69, 9.17) is 9.26 Å². The van der Waals surface area contributed by atoms with Crippen molar-refractivity contribution < 1.29 is 9.26 Å². The summed E-state index contributed by atoms with van der Waals surface area (Å²) in [6.07, 6.45) is 4.51. The van der Waals surface area contributed by atoms with E-state index in [1.54, 1.807) is 0 Å². The van der Waals surface area contributed by atoms with E-state index < -0.39 is 0 Å². The predicted octanol–water partition coefficient (Wildman–Crippen LogP) is 1.71. The topological polar surface area (TPSA) is 60.2 Å². The van der Waals surface area contributed by atoms with E-state index in [0.717, 1.165) is 38.4 Å². The molecule has 1 aromatic heterocycles. The first kappa shape index (κ1) is 12.1. The molecule has 3 heterocycles. The first-order valence-electron chi connectivity index (χ1n) is 6.97. The normalized spacial score (nSPS) is 32.8. The Hall–Kier alpha value is -0.940. The van der Waals surface area contributed by atoms with Crippen LogP contribution in [0.1, 0.15) is 44.0 Å². The second-order valence-electron chi connectivity index (χ2n) is 5.52. The Balaban J connectivity index is 1.62. The Kier molecular flexibility index (Phi) is 3.61. The molecule has 0 amide bonds. The van der Waals surface area contributed by atoms with Crippen LogP contribution in [0.25, 0.3) is 0 Å². The van der Waals surface area contributed by atoms with Crippen molar-refractivity contribution in [2.24, 2.45) is 11.8 Å². The number of aromatic nitrogens is 2. The summed E-state index contributed by atoms with van der Waals surface area (Å²) >= 11 is 0. The first-order chi connectivity index (χ1) is 8.83. The van der Waals surface area contributed by atoms with E-state index in [9.17, 15) is 0 Å². The number of nitrogens with one attached hydrogen (secondary N) is 1. The van der Waals surface area contributed by atoms with Gasteiger partial charge >= 0.3 is 0 Å². The minimum Gasteiger partial charge on any atom is -0.368 e. The summed E-state index contributed by atoms with van der Waals surface area (Å²) in [4.78, 5) is 4.51. The van der Waals surface area contributed by atoms with E-state index in [2.05, 4.69) is 22.4 Å². The van der Waals surface area contributed by atoms with Gasteiger partial charge in [-0.2, -0.15) is 4.98 Å². The summed E-state index contributed by atoms with van der Waals surface area (Å²) in [5.74, 6) is 2.63. The number of nitrogens with zero attached hydrogens (tertiary/aromatic N) is 2. The van der Waals surface area contributed by atoms with Gasteiger partial charge in [-0.15, -0.1) is 0 Å². The molecule has 0 radical (unpaired) electrons. The standard InChI is InChI=1S/C13H21N3O2/c1-9-4-6-17-12(9)13-15-11(16-18-13)7-10-3-2-5-14-8-10/h9-10,12,14H,2-8H2,1H3. The van der Waals surface area contributed by atoms with Gasteiger partial charge in [-0.25, -0.2) is 0 Å². The molecule has 5 nitrogen and oxygen atoms in total. The van der Waals surface area contributed by atoms with Gasteiger partial charge in [0.25, 0.3) is 5.89 Å². The van der Waals surface area contributed by atoms with Gasteiger partial charge in [-0.3, -0.25) is 0 Å². The van der Waals surface area contributed by atoms with Crippen LogP contribution in [0.2, 0.25) is 0 Å². The van der Waals surface area contributed by atoms with Crippen molar-refractivity contribution in [3.63, 3.8) is 0 Å². The number of hydrogen-bond acceptors (Lipinski definition) is 5. The fourth-order valence-electron chi connectivity index (χ4n) is 2.83. The van der Waals surface area contributed by atoms with Crippen LogP contribution >= 0.6 is 0 Å². The summed E-state index contributed by atoms with van der Waals surface area (Å²) in [5, 5.41) is 7.51.